The van der Waals surface area contributed by atoms with E-state index >= 15 is 0 Å². The molecule has 0 aromatic carbocycles. The third kappa shape index (κ3) is 1.75. The maximum atomic E-state index is 7.77. The largest absolute Gasteiger partial charge is 0.289 e. The van der Waals surface area contributed by atoms with Gasteiger partial charge in [0, 0.05) is 10.3 Å². The molecule has 0 atom stereocenters. The summed E-state index contributed by atoms with van der Waals surface area (Å²) in [5.41, 5.74) is -0.422. The van der Waals surface area contributed by atoms with Crippen LogP contribution in [0.3, 0.4) is 0 Å². The van der Waals surface area contributed by atoms with Crippen LogP contribution in [0.2, 0.25) is 0 Å². The van der Waals surface area contributed by atoms with Gasteiger partial charge in [-0.3, -0.25) is 9.55 Å². The molecule has 66 valence electrons. The molecule has 0 N–H and O–H groups in total. The van der Waals surface area contributed by atoms with Gasteiger partial charge in [-0.15, -0.1) is 0 Å². The summed E-state index contributed by atoms with van der Waals surface area (Å²) in [5, 5.41) is 0. The summed E-state index contributed by atoms with van der Waals surface area (Å²) in [5.74, 6) is 0.169. The Morgan fingerprint density at radius 3 is 3.23 bits per heavy atom. The highest BCUT2D eigenvalue weighted by molar-refractivity contribution is 9.10. The second-order valence-electron chi connectivity index (χ2n) is 2.21. The van der Waals surface area contributed by atoms with Crippen LogP contribution in [0, 0.1) is 6.85 Å². The van der Waals surface area contributed by atoms with Gasteiger partial charge in [0.2, 0.25) is 0 Å². The Morgan fingerprint density at radius 2 is 2.54 bits per heavy atom. The maximum Gasteiger partial charge on any atom is 0.157 e. The average molecular weight is 244 g/mol. The molecular formula is C8H7BrN4. The summed E-state index contributed by atoms with van der Waals surface area (Å²) in [6, 6.07) is 0. The Bertz CT molecular complexity index is 594. The molecule has 0 saturated carbocycles. The van der Waals surface area contributed by atoms with Crippen LogP contribution in [0.15, 0.2) is 29.5 Å². The molecule has 0 fully saturated rings. The van der Waals surface area contributed by atoms with Crippen LogP contribution in [0.1, 0.15) is 12.5 Å². The van der Waals surface area contributed by atoms with E-state index in [0.29, 0.717) is 4.60 Å². The van der Waals surface area contributed by atoms with Crippen molar-refractivity contribution in [3.8, 4) is 5.82 Å². The SMILES string of the molecule is [2H]c1nc(C([2H])([2H])[2H])c([2H])n1-c1cncc(Br)n1. The first kappa shape index (κ1) is 4.32. The Hall–Kier alpha value is -1.23. The Labute approximate surface area is 90.8 Å². The maximum absolute atomic E-state index is 7.77. The first-order valence-electron chi connectivity index (χ1n) is 5.85. The summed E-state index contributed by atoms with van der Waals surface area (Å²) in [4.78, 5) is 11.4. The van der Waals surface area contributed by atoms with Crippen LogP contribution in [0.5, 0.6) is 0 Å². The van der Waals surface area contributed by atoms with Gasteiger partial charge in [0.25, 0.3) is 0 Å². The van der Waals surface area contributed by atoms with Crippen molar-refractivity contribution in [3.05, 3.63) is 35.2 Å². The normalized spacial score (nSPS) is 16.8. The average Bonchev–Trinajstić information content (AvgIpc) is 2.54. The molecule has 0 spiro atoms. The van der Waals surface area contributed by atoms with Crippen LogP contribution < -0.4 is 0 Å². The lowest BCUT2D eigenvalue weighted by Crippen LogP contribution is -1.95. The number of halogens is 1. The first-order valence-corrected chi connectivity index (χ1v) is 4.14. The molecule has 5 heteroatoms. The molecule has 0 saturated heterocycles. The lowest BCUT2D eigenvalue weighted by atomic mass is 10.5. The molecule has 0 aliphatic rings. The Balaban J connectivity index is 2.63. The van der Waals surface area contributed by atoms with Crippen LogP contribution >= 0.6 is 15.9 Å². The molecule has 0 aliphatic heterocycles. The Kier molecular flexibility index (Phi) is 1.08. The second kappa shape index (κ2) is 3.26. The van der Waals surface area contributed by atoms with E-state index in [-0.39, 0.29) is 18.3 Å². The van der Waals surface area contributed by atoms with Crippen molar-refractivity contribution >= 4 is 15.9 Å². The van der Waals surface area contributed by atoms with Crippen LogP contribution in [0.25, 0.3) is 5.82 Å². The summed E-state index contributed by atoms with van der Waals surface area (Å²) in [6.07, 6.45) is 2.02. The molecule has 13 heavy (non-hydrogen) atoms. The van der Waals surface area contributed by atoms with Gasteiger partial charge in [-0.05, 0) is 22.8 Å². The molecule has 2 rings (SSSR count). The predicted octanol–water partition coefficient (Wildman–Crippen LogP) is 1.73. The van der Waals surface area contributed by atoms with Crippen molar-refractivity contribution in [2.24, 2.45) is 0 Å². The van der Waals surface area contributed by atoms with E-state index < -0.39 is 12.5 Å². The van der Waals surface area contributed by atoms with E-state index in [0.717, 1.165) is 4.57 Å². The molecule has 2 heterocycles. The lowest BCUT2D eigenvalue weighted by molar-refractivity contribution is 0.959. The number of hydrogen-bond donors (Lipinski definition) is 0. The van der Waals surface area contributed by atoms with Gasteiger partial charge >= 0.3 is 0 Å². The van der Waals surface area contributed by atoms with E-state index in [1.54, 1.807) is 0 Å². The molecule has 0 bridgehead atoms. The highest BCUT2D eigenvalue weighted by atomic mass is 79.9. The van der Waals surface area contributed by atoms with Gasteiger partial charge in [-0.25, -0.2) is 9.97 Å². The van der Waals surface area contributed by atoms with Crippen LogP contribution in [0.4, 0.5) is 0 Å². The van der Waals surface area contributed by atoms with Crippen molar-refractivity contribution in [1.29, 1.82) is 0 Å². The van der Waals surface area contributed by atoms with E-state index in [1.165, 1.54) is 12.4 Å². The highest BCUT2D eigenvalue weighted by Crippen LogP contribution is 2.08. The van der Waals surface area contributed by atoms with E-state index in [9.17, 15) is 0 Å². The summed E-state index contributed by atoms with van der Waals surface area (Å²) < 4.78 is 38.5. The quantitative estimate of drug-likeness (QED) is 0.767. The fraction of sp³-hybridized carbons (Fsp3) is 0.125. The van der Waals surface area contributed by atoms with Gasteiger partial charge in [0.15, 0.2) is 5.82 Å². The van der Waals surface area contributed by atoms with E-state index in [2.05, 4.69) is 30.9 Å². The molecule has 0 amide bonds. The van der Waals surface area contributed by atoms with Gasteiger partial charge in [-0.2, -0.15) is 0 Å². The van der Waals surface area contributed by atoms with Gasteiger partial charge in [-0.1, -0.05) is 0 Å². The lowest BCUT2D eigenvalue weighted by Gasteiger charge is -1.98. The zero-order chi connectivity index (χ0) is 13.5. The van der Waals surface area contributed by atoms with Gasteiger partial charge in [0.05, 0.1) is 19.5 Å². The number of imidazole rings is 1. The minimum Gasteiger partial charge on any atom is -0.289 e. The molecule has 0 aliphatic carbocycles. The van der Waals surface area contributed by atoms with Crippen molar-refractivity contribution in [2.75, 3.05) is 0 Å². The zero-order valence-corrected chi connectivity index (χ0v) is 7.91. The van der Waals surface area contributed by atoms with Gasteiger partial charge < -0.3 is 0 Å². The number of aryl methyl sites for hydroxylation is 1. The molecule has 2 aromatic rings. The first-order chi connectivity index (χ1) is 8.30. The van der Waals surface area contributed by atoms with Crippen molar-refractivity contribution in [3.63, 3.8) is 0 Å². The number of hydrogen-bond acceptors (Lipinski definition) is 3. The fourth-order valence-electron chi connectivity index (χ4n) is 0.805. The standard InChI is InChI=1S/C8H7BrN4/c1-6-4-13(5-11-6)8-3-10-2-7(9)12-8/h2-5H,1H3/i1D3,4D,5D. The minimum absolute atomic E-state index is 0.169. The molecular weight excluding hydrogens is 232 g/mol. The van der Waals surface area contributed by atoms with Crippen molar-refractivity contribution in [2.45, 2.75) is 6.85 Å². The third-order valence-electron chi connectivity index (χ3n) is 1.30. The van der Waals surface area contributed by atoms with Crippen LogP contribution in [-0.2, 0) is 0 Å². The molecule has 0 radical (unpaired) electrons. The molecule has 0 unspecified atom stereocenters. The monoisotopic (exact) mass is 243 g/mol. The molecule has 2 aromatic heterocycles. The van der Waals surface area contributed by atoms with Crippen LogP contribution in [-0.4, -0.2) is 19.5 Å². The summed E-state index contributed by atoms with van der Waals surface area (Å²) in [7, 11) is 0. The summed E-state index contributed by atoms with van der Waals surface area (Å²) in [6.45, 7) is -2.53. The third-order valence-corrected chi connectivity index (χ3v) is 1.68. The Morgan fingerprint density at radius 1 is 1.62 bits per heavy atom. The number of rotatable bonds is 1. The number of aromatic nitrogens is 4. The molecule has 4 nitrogen and oxygen atoms in total. The van der Waals surface area contributed by atoms with Crippen molar-refractivity contribution in [1.82, 2.24) is 19.5 Å². The smallest absolute Gasteiger partial charge is 0.157 e. The predicted molar refractivity (Wildman–Crippen MR) is 51.6 cm³/mol. The second-order valence-corrected chi connectivity index (χ2v) is 3.02. The van der Waals surface area contributed by atoms with E-state index in [1.807, 2.05) is 0 Å². The highest BCUT2D eigenvalue weighted by Gasteiger charge is 1.99. The number of nitrogens with zero attached hydrogens (tertiary/aromatic N) is 4. The topological polar surface area (TPSA) is 43.6 Å². The van der Waals surface area contributed by atoms with Crippen molar-refractivity contribution < 1.29 is 6.85 Å². The fourth-order valence-corrected chi connectivity index (χ4v) is 1.10. The zero-order valence-electron chi connectivity index (χ0n) is 11.3. The van der Waals surface area contributed by atoms with Gasteiger partial charge in [0.1, 0.15) is 12.3 Å². The minimum atomic E-state index is -2.53. The van der Waals surface area contributed by atoms with E-state index in [4.69, 9.17) is 6.85 Å². The summed E-state index contributed by atoms with van der Waals surface area (Å²) >= 11 is 3.11.